The molecule has 0 aliphatic rings. The highest BCUT2D eigenvalue weighted by Gasteiger charge is 2.25. The summed E-state index contributed by atoms with van der Waals surface area (Å²) in [6, 6.07) is 3.09. The van der Waals surface area contributed by atoms with Crippen LogP contribution in [-0.2, 0) is 31.7 Å². The Hall–Kier alpha value is -0.720. The van der Waals surface area contributed by atoms with Crippen LogP contribution in [0.2, 0.25) is 0 Å². The van der Waals surface area contributed by atoms with Crippen LogP contribution >= 0.6 is 7.60 Å². The molecular weight excluding hydrogens is 303 g/mol. The van der Waals surface area contributed by atoms with Crippen molar-refractivity contribution in [2.45, 2.75) is 38.5 Å². The summed E-state index contributed by atoms with van der Waals surface area (Å²) in [7, 11) is -8.71. The number of hydrogen-bond donors (Lipinski definition) is 2. The summed E-state index contributed by atoms with van der Waals surface area (Å²) >= 11 is 0. The third-order valence-corrected chi connectivity index (χ3v) is 4.96. The van der Waals surface area contributed by atoms with Crippen LogP contribution in [0.3, 0.4) is 0 Å². The molecule has 2 N–H and O–H groups in total. The van der Waals surface area contributed by atoms with Gasteiger partial charge in [-0.15, -0.1) is 0 Å². The lowest BCUT2D eigenvalue weighted by Gasteiger charge is -2.15. The smallest absolute Gasteiger partial charge is 0.323 e. The van der Waals surface area contributed by atoms with Crippen LogP contribution in [0.1, 0.15) is 30.5 Å². The van der Waals surface area contributed by atoms with E-state index in [-0.39, 0.29) is 4.90 Å². The average molecular weight is 322 g/mol. The van der Waals surface area contributed by atoms with Crippen LogP contribution < -0.4 is 0 Å². The van der Waals surface area contributed by atoms with Crippen LogP contribution in [0, 0.1) is 6.92 Å². The molecule has 1 aromatic rings. The molecule has 0 radical (unpaired) electrons. The van der Waals surface area contributed by atoms with Crippen molar-refractivity contribution in [3.8, 4) is 0 Å². The molecule has 0 fully saturated rings. The zero-order chi connectivity index (χ0) is 15.6. The first-order chi connectivity index (χ1) is 9.12. The molecule has 114 valence electrons. The monoisotopic (exact) mass is 322 g/mol. The minimum absolute atomic E-state index is 0.0177. The highest BCUT2D eigenvalue weighted by molar-refractivity contribution is 7.87. The van der Waals surface area contributed by atoms with Gasteiger partial charge in [-0.25, -0.2) is 0 Å². The van der Waals surface area contributed by atoms with E-state index in [1.54, 1.807) is 6.07 Å². The van der Waals surface area contributed by atoms with E-state index in [2.05, 4.69) is 4.18 Å². The molecule has 0 spiro atoms. The molecule has 0 atom stereocenters. The Labute approximate surface area is 119 Å². The Morgan fingerprint density at radius 1 is 1.15 bits per heavy atom. The topological polar surface area (TPSA) is 101 Å². The molecule has 1 rings (SSSR count). The van der Waals surface area contributed by atoms with Crippen LogP contribution in [0.25, 0.3) is 0 Å². The van der Waals surface area contributed by atoms with Gasteiger partial charge in [0.25, 0.3) is 10.1 Å². The fourth-order valence-corrected chi connectivity index (χ4v) is 4.14. The van der Waals surface area contributed by atoms with Crippen molar-refractivity contribution >= 4 is 17.7 Å². The predicted octanol–water partition coefficient (Wildman–Crippen LogP) is 1.96. The highest BCUT2D eigenvalue weighted by atomic mass is 32.2. The Balaban J connectivity index is 3.28. The van der Waals surface area contributed by atoms with Crippen molar-refractivity contribution in [2.75, 3.05) is 6.35 Å². The van der Waals surface area contributed by atoms with Crippen molar-refractivity contribution in [2.24, 2.45) is 0 Å². The zero-order valence-corrected chi connectivity index (χ0v) is 13.4. The van der Waals surface area contributed by atoms with Crippen LogP contribution in [0.5, 0.6) is 0 Å². The lowest BCUT2D eigenvalue weighted by atomic mass is 9.98. The molecule has 6 nitrogen and oxygen atoms in total. The second-order valence-electron chi connectivity index (χ2n) is 4.41. The molecule has 0 aliphatic heterocycles. The van der Waals surface area contributed by atoms with Crippen molar-refractivity contribution in [3.63, 3.8) is 0 Å². The molecular formula is C12H19O6PS. The molecule has 8 heteroatoms. The number of rotatable bonds is 6. The first-order valence-corrected chi connectivity index (χ1v) is 9.38. The Morgan fingerprint density at radius 3 is 2.15 bits per heavy atom. The predicted molar refractivity (Wildman–Crippen MR) is 75.1 cm³/mol. The summed E-state index contributed by atoms with van der Waals surface area (Å²) < 4.78 is 39.4. The van der Waals surface area contributed by atoms with Crippen molar-refractivity contribution in [1.29, 1.82) is 0 Å². The van der Waals surface area contributed by atoms with Gasteiger partial charge in [0.1, 0.15) is 0 Å². The van der Waals surface area contributed by atoms with Crippen molar-refractivity contribution in [1.82, 2.24) is 0 Å². The van der Waals surface area contributed by atoms with E-state index in [9.17, 15) is 13.0 Å². The quantitative estimate of drug-likeness (QED) is 0.613. The van der Waals surface area contributed by atoms with Gasteiger partial charge in [-0.05, 0) is 42.5 Å². The molecule has 0 saturated heterocycles. The molecule has 0 aromatic heterocycles. The van der Waals surface area contributed by atoms with E-state index in [1.165, 1.54) is 6.07 Å². The summed E-state index contributed by atoms with van der Waals surface area (Å²) in [6.07, 6.45) is 0.0311. The summed E-state index contributed by atoms with van der Waals surface area (Å²) in [4.78, 5) is 17.4. The number of aryl methyl sites for hydroxylation is 1. The van der Waals surface area contributed by atoms with E-state index in [1.807, 2.05) is 20.8 Å². The second kappa shape index (κ2) is 6.37. The molecule has 0 amide bonds. The van der Waals surface area contributed by atoms with Gasteiger partial charge in [0.05, 0.1) is 4.90 Å². The van der Waals surface area contributed by atoms with E-state index >= 15 is 0 Å². The van der Waals surface area contributed by atoms with Gasteiger partial charge in [0, 0.05) is 0 Å². The van der Waals surface area contributed by atoms with Gasteiger partial charge in [-0.3, -0.25) is 8.75 Å². The maximum atomic E-state index is 12.1. The average Bonchev–Trinajstić information content (AvgIpc) is 2.35. The van der Waals surface area contributed by atoms with Gasteiger partial charge in [-0.2, -0.15) is 8.42 Å². The molecule has 0 bridgehead atoms. The van der Waals surface area contributed by atoms with Gasteiger partial charge in [0.15, 0.2) is 6.35 Å². The van der Waals surface area contributed by atoms with E-state index in [4.69, 9.17) is 9.79 Å². The van der Waals surface area contributed by atoms with Crippen LogP contribution in [-0.4, -0.2) is 24.6 Å². The molecule has 0 heterocycles. The number of hydrogen-bond acceptors (Lipinski definition) is 4. The first-order valence-electron chi connectivity index (χ1n) is 6.17. The SMILES string of the molecule is CCc1c(C)ccc(S(=O)(=O)OCP(=O)(O)O)c1CC. The third-order valence-electron chi connectivity index (χ3n) is 2.97. The lowest BCUT2D eigenvalue weighted by Crippen LogP contribution is -2.12. The normalized spacial score (nSPS) is 12.7. The second-order valence-corrected chi connectivity index (χ2v) is 7.58. The Morgan fingerprint density at radius 2 is 1.70 bits per heavy atom. The zero-order valence-electron chi connectivity index (χ0n) is 11.7. The molecule has 0 unspecified atom stereocenters. The molecule has 0 saturated carbocycles. The van der Waals surface area contributed by atoms with Gasteiger partial charge in [-0.1, -0.05) is 19.9 Å². The van der Waals surface area contributed by atoms with Gasteiger partial charge in [0.2, 0.25) is 0 Å². The Kier molecular flexibility index (Phi) is 5.52. The first kappa shape index (κ1) is 17.3. The van der Waals surface area contributed by atoms with Crippen LogP contribution in [0.4, 0.5) is 0 Å². The van der Waals surface area contributed by atoms with E-state index in [0.29, 0.717) is 18.4 Å². The largest absolute Gasteiger partial charge is 0.352 e. The lowest BCUT2D eigenvalue weighted by molar-refractivity contribution is 0.301. The maximum Gasteiger partial charge on any atom is 0.352 e. The molecule has 1 aromatic carbocycles. The summed E-state index contributed by atoms with van der Waals surface area (Å²) in [5.41, 5.74) is 2.55. The summed E-state index contributed by atoms with van der Waals surface area (Å²) in [5.74, 6) is 0. The minimum atomic E-state index is -4.54. The van der Waals surface area contributed by atoms with E-state index in [0.717, 1.165) is 11.1 Å². The van der Waals surface area contributed by atoms with Crippen molar-refractivity contribution < 1.29 is 27.0 Å². The molecule has 0 aliphatic carbocycles. The highest BCUT2D eigenvalue weighted by Crippen LogP contribution is 2.36. The summed E-state index contributed by atoms with van der Waals surface area (Å²) in [6.45, 7) is 5.65. The minimum Gasteiger partial charge on any atom is -0.323 e. The Bertz CT molecular complexity index is 632. The third kappa shape index (κ3) is 4.14. The van der Waals surface area contributed by atoms with Gasteiger partial charge < -0.3 is 9.79 Å². The van der Waals surface area contributed by atoms with Crippen molar-refractivity contribution in [3.05, 3.63) is 28.8 Å². The van der Waals surface area contributed by atoms with E-state index < -0.39 is 24.1 Å². The fraction of sp³-hybridized carbons (Fsp3) is 0.500. The maximum absolute atomic E-state index is 12.1. The summed E-state index contributed by atoms with van der Waals surface area (Å²) in [5, 5.41) is 0. The standard InChI is InChI=1S/C12H19O6PS/c1-4-10-9(3)6-7-12(11(10)5-2)20(16,17)18-8-19(13,14)15/h6-7H,4-5,8H2,1-3H3,(H2,13,14,15). The molecule has 20 heavy (non-hydrogen) atoms. The van der Waals surface area contributed by atoms with Crippen LogP contribution in [0.15, 0.2) is 17.0 Å². The van der Waals surface area contributed by atoms with Gasteiger partial charge >= 0.3 is 7.60 Å². The fourth-order valence-electron chi connectivity index (χ4n) is 2.10. The number of benzene rings is 1.